The van der Waals surface area contributed by atoms with Crippen LogP contribution in [0.25, 0.3) is 17.2 Å². The van der Waals surface area contributed by atoms with E-state index < -0.39 is 10.9 Å². The maximum absolute atomic E-state index is 12.1. The largest absolute Gasteiger partial charge is 0.426 e. The topological polar surface area (TPSA) is 87.0 Å². The van der Waals surface area contributed by atoms with Gasteiger partial charge in [0.15, 0.2) is 11.9 Å². The van der Waals surface area contributed by atoms with E-state index in [1.54, 1.807) is 10.7 Å². The lowest BCUT2D eigenvalue weighted by Gasteiger charge is -2.19. The van der Waals surface area contributed by atoms with Crippen molar-refractivity contribution in [1.29, 1.82) is 0 Å². The molecule has 1 aromatic carbocycles. The number of aldehydes is 1. The van der Waals surface area contributed by atoms with E-state index >= 15 is 0 Å². The van der Waals surface area contributed by atoms with Crippen LogP contribution in [-0.4, -0.2) is 32.2 Å². The molecule has 0 spiro atoms. The van der Waals surface area contributed by atoms with Crippen LogP contribution in [0.3, 0.4) is 0 Å². The average Bonchev–Trinajstić information content (AvgIpc) is 3.30. The van der Waals surface area contributed by atoms with E-state index in [-0.39, 0.29) is 5.97 Å². The summed E-state index contributed by atoms with van der Waals surface area (Å²) in [6.45, 7) is 4.04. The first kappa shape index (κ1) is 19.3. The number of unbranched alkanes of at least 4 members (excludes halogenated alkanes) is 1. The molecule has 0 fully saturated rings. The van der Waals surface area contributed by atoms with Crippen molar-refractivity contribution in [2.75, 3.05) is 0 Å². The van der Waals surface area contributed by atoms with E-state index in [4.69, 9.17) is 4.74 Å². The predicted octanol–water partition coefficient (Wildman–Crippen LogP) is 3.98. The molecule has 1 aliphatic rings. The molecule has 0 saturated carbocycles. The van der Waals surface area contributed by atoms with E-state index in [0.29, 0.717) is 17.7 Å². The molecule has 1 unspecified atom stereocenters. The molecule has 8 heteroatoms. The number of nitrogens with zero attached hydrogens (tertiary/aromatic N) is 4. The minimum absolute atomic E-state index is 0.280. The number of pyridine rings is 1. The monoisotopic (exact) mass is 410 g/mol. The van der Waals surface area contributed by atoms with Crippen LogP contribution in [0, 0.1) is 6.92 Å². The molecule has 1 aliphatic heterocycles. The van der Waals surface area contributed by atoms with Gasteiger partial charge in [-0.2, -0.15) is 10.9 Å². The van der Waals surface area contributed by atoms with Crippen LogP contribution < -0.4 is 4.74 Å². The summed E-state index contributed by atoms with van der Waals surface area (Å²) in [6, 6.07) is 3.51. The molecular weight excluding hydrogens is 388 g/mol. The van der Waals surface area contributed by atoms with Crippen molar-refractivity contribution in [2.45, 2.75) is 42.9 Å². The highest BCUT2D eigenvalue weighted by Gasteiger charge is 2.24. The quantitative estimate of drug-likeness (QED) is 0.286. The van der Waals surface area contributed by atoms with Gasteiger partial charge in [0.05, 0.1) is 0 Å². The van der Waals surface area contributed by atoms with Gasteiger partial charge >= 0.3 is 5.97 Å². The highest BCUT2D eigenvalue weighted by atomic mass is 32.2. The van der Waals surface area contributed by atoms with Gasteiger partial charge in [0.1, 0.15) is 11.3 Å². The molecule has 0 N–H and O–H groups in total. The van der Waals surface area contributed by atoms with E-state index in [1.807, 2.05) is 39.2 Å². The third kappa shape index (κ3) is 3.44. The standard InChI is InChI=1S/C21H22N4O3S/c1-4-5-6-19(27)28-15-9-14(12-26)16-7-8-29(17(16)10-15)18-11-22-21-20(13(18)2)23-24-25(21)3/h7-12,29H,4-6H2,1-3H3. The normalized spacial score (nSPS) is 16.2. The van der Waals surface area contributed by atoms with Crippen LogP contribution in [0.15, 0.2) is 33.5 Å². The molecule has 0 amide bonds. The van der Waals surface area contributed by atoms with Crippen LogP contribution >= 0.6 is 10.9 Å². The molecule has 2 aromatic heterocycles. The number of carbonyl (C=O) groups excluding carboxylic acids is 2. The lowest BCUT2D eigenvalue weighted by atomic mass is 10.1. The minimum atomic E-state index is -0.885. The zero-order chi connectivity index (χ0) is 20.5. The van der Waals surface area contributed by atoms with Crippen LogP contribution in [0.5, 0.6) is 5.75 Å². The fraction of sp³-hybridized carbons (Fsp3) is 0.286. The summed E-state index contributed by atoms with van der Waals surface area (Å²) in [5.41, 5.74) is 3.92. The van der Waals surface area contributed by atoms with Gasteiger partial charge in [0.2, 0.25) is 0 Å². The first-order valence-corrected chi connectivity index (χ1v) is 10.9. The lowest BCUT2D eigenvalue weighted by Crippen LogP contribution is -2.08. The number of rotatable bonds is 6. The van der Waals surface area contributed by atoms with Gasteiger partial charge in [-0.15, -0.1) is 5.10 Å². The fourth-order valence-corrected chi connectivity index (χ4v) is 5.69. The smallest absolute Gasteiger partial charge is 0.311 e. The SMILES string of the molecule is CCCCC(=O)Oc1cc(C=O)c2c(c1)[SH](c1cnc3c(nnn3C)c1C)C=C2. The van der Waals surface area contributed by atoms with Crippen molar-refractivity contribution in [3.05, 3.63) is 40.4 Å². The maximum Gasteiger partial charge on any atom is 0.311 e. The second-order valence-electron chi connectivity index (χ2n) is 6.98. The average molecular weight is 410 g/mol. The van der Waals surface area contributed by atoms with Crippen molar-refractivity contribution in [3.8, 4) is 5.75 Å². The molecule has 0 saturated heterocycles. The van der Waals surface area contributed by atoms with Gasteiger partial charge in [-0.1, -0.05) is 18.6 Å². The van der Waals surface area contributed by atoms with Gasteiger partial charge in [-0.05, 0) is 48.1 Å². The fourth-order valence-electron chi connectivity index (χ4n) is 3.44. The Morgan fingerprint density at radius 1 is 1.31 bits per heavy atom. The Kier molecular flexibility index (Phi) is 5.19. The summed E-state index contributed by atoms with van der Waals surface area (Å²) in [5.74, 6) is 0.132. The highest BCUT2D eigenvalue weighted by molar-refractivity contribution is 8.20. The van der Waals surface area contributed by atoms with Crippen LogP contribution in [0.4, 0.5) is 0 Å². The van der Waals surface area contributed by atoms with Crippen molar-refractivity contribution in [2.24, 2.45) is 7.05 Å². The van der Waals surface area contributed by atoms with E-state index in [1.165, 1.54) is 0 Å². The van der Waals surface area contributed by atoms with Gasteiger partial charge in [-0.3, -0.25) is 9.59 Å². The van der Waals surface area contributed by atoms with Crippen molar-refractivity contribution in [3.63, 3.8) is 0 Å². The molecule has 3 aromatic rings. The Hall–Kier alpha value is -3.00. The summed E-state index contributed by atoms with van der Waals surface area (Å²) in [7, 11) is 0.927. The first-order valence-electron chi connectivity index (χ1n) is 9.49. The van der Waals surface area contributed by atoms with Crippen molar-refractivity contribution in [1.82, 2.24) is 20.0 Å². The van der Waals surface area contributed by atoms with Crippen LogP contribution in [0.2, 0.25) is 0 Å². The van der Waals surface area contributed by atoms with Crippen LogP contribution in [-0.2, 0) is 11.8 Å². The molecule has 0 bridgehead atoms. The zero-order valence-electron chi connectivity index (χ0n) is 16.5. The molecular formula is C21H22N4O3S. The highest BCUT2D eigenvalue weighted by Crippen LogP contribution is 2.55. The van der Waals surface area contributed by atoms with Crippen LogP contribution in [0.1, 0.15) is 47.7 Å². The second kappa shape index (κ2) is 7.79. The molecule has 0 radical (unpaired) electrons. The lowest BCUT2D eigenvalue weighted by molar-refractivity contribution is -0.134. The third-order valence-corrected chi connectivity index (χ3v) is 7.32. The summed E-state index contributed by atoms with van der Waals surface area (Å²) < 4.78 is 7.16. The first-order chi connectivity index (χ1) is 14.0. The van der Waals surface area contributed by atoms with Gasteiger partial charge in [-0.25, -0.2) is 9.67 Å². The number of aromatic nitrogens is 4. The zero-order valence-corrected chi connectivity index (χ0v) is 17.4. The van der Waals surface area contributed by atoms with E-state index in [9.17, 15) is 9.59 Å². The van der Waals surface area contributed by atoms with E-state index in [0.717, 1.165) is 51.2 Å². The molecule has 29 heavy (non-hydrogen) atoms. The molecule has 3 heterocycles. The van der Waals surface area contributed by atoms with Gasteiger partial charge < -0.3 is 4.74 Å². The summed E-state index contributed by atoms with van der Waals surface area (Å²) in [5, 5.41) is 10.4. The maximum atomic E-state index is 12.1. The number of thiol groups is 1. The Morgan fingerprint density at radius 2 is 2.14 bits per heavy atom. The van der Waals surface area contributed by atoms with Crippen molar-refractivity contribution >= 4 is 40.4 Å². The van der Waals surface area contributed by atoms with Crippen molar-refractivity contribution < 1.29 is 14.3 Å². The molecule has 4 rings (SSSR count). The number of hydrogen-bond acceptors (Lipinski definition) is 6. The number of carbonyl (C=O) groups is 2. The van der Waals surface area contributed by atoms with E-state index in [2.05, 4.69) is 20.7 Å². The molecule has 0 aliphatic carbocycles. The molecule has 1 atom stereocenters. The number of fused-ring (bicyclic) bond motifs is 2. The van der Waals surface area contributed by atoms with Gasteiger partial charge in [0, 0.05) is 35.0 Å². The third-order valence-electron chi connectivity index (χ3n) is 5.01. The summed E-state index contributed by atoms with van der Waals surface area (Å²) in [4.78, 5) is 30.3. The Morgan fingerprint density at radius 3 is 2.90 bits per heavy atom. The number of esters is 1. The minimum Gasteiger partial charge on any atom is -0.426 e. The number of hydrogen-bond donors (Lipinski definition) is 1. The molecule has 150 valence electrons. The Labute approximate surface area is 171 Å². The summed E-state index contributed by atoms with van der Waals surface area (Å²) in [6.07, 6.45) is 6.69. The van der Waals surface area contributed by atoms with Gasteiger partial charge in [0.25, 0.3) is 0 Å². The number of ether oxygens (including phenoxy) is 1. The summed E-state index contributed by atoms with van der Waals surface area (Å²) >= 11 is 0. The second-order valence-corrected chi connectivity index (χ2v) is 8.98. The Bertz CT molecular complexity index is 1150. The Balaban J connectivity index is 1.75. The molecule has 7 nitrogen and oxygen atoms in total. The predicted molar refractivity (Wildman–Crippen MR) is 113 cm³/mol. The number of benzene rings is 1. The number of aryl methyl sites for hydroxylation is 2.